The first-order valence-electron chi connectivity index (χ1n) is 11.2. The summed E-state index contributed by atoms with van der Waals surface area (Å²) in [4.78, 5) is 31.7. The summed E-state index contributed by atoms with van der Waals surface area (Å²) in [6, 6.07) is 14.5. The van der Waals surface area contributed by atoms with Crippen molar-refractivity contribution in [1.29, 1.82) is 0 Å². The fourth-order valence-corrected chi connectivity index (χ4v) is 4.55. The highest BCUT2D eigenvalue weighted by Crippen LogP contribution is 2.42. The van der Waals surface area contributed by atoms with E-state index in [1.54, 1.807) is 24.1 Å². The molecule has 2 aromatic rings. The van der Waals surface area contributed by atoms with Gasteiger partial charge in [0.2, 0.25) is 5.91 Å². The molecule has 2 N–H and O–H groups in total. The third-order valence-corrected chi connectivity index (χ3v) is 6.52. The van der Waals surface area contributed by atoms with E-state index in [-0.39, 0.29) is 17.7 Å². The molecular formula is C25H29ClN4O3. The van der Waals surface area contributed by atoms with Crippen LogP contribution in [0.15, 0.2) is 53.5 Å². The Morgan fingerprint density at radius 3 is 2.36 bits per heavy atom. The van der Waals surface area contributed by atoms with Gasteiger partial charge in [-0.25, -0.2) is 4.99 Å². The fourth-order valence-electron chi connectivity index (χ4n) is 4.42. The van der Waals surface area contributed by atoms with E-state index in [0.717, 1.165) is 37.2 Å². The second-order valence-electron chi connectivity index (χ2n) is 8.76. The minimum Gasteiger partial charge on any atom is -0.470 e. The Labute approximate surface area is 199 Å². The average Bonchev–Trinajstić information content (AvgIpc) is 3.18. The SMILES string of the molecule is CC(=O)Nc1ccc(C2OC(C3CCNCC3)=NC2(C)C(=O)N(C)c2ccc(Cl)cc2)cc1. The van der Waals surface area contributed by atoms with E-state index in [4.69, 9.17) is 21.3 Å². The molecule has 7 nitrogen and oxygen atoms in total. The number of aliphatic imine (C=N–C) groups is 1. The Kier molecular flexibility index (Phi) is 6.72. The van der Waals surface area contributed by atoms with Gasteiger partial charge in [0.25, 0.3) is 5.91 Å². The van der Waals surface area contributed by atoms with Gasteiger partial charge in [0.15, 0.2) is 17.5 Å². The number of carbonyl (C=O) groups is 2. The summed E-state index contributed by atoms with van der Waals surface area (Å²) in [6.45, 7) is 5.11. The second-order valence-corrected chi connectivity index (χ2v) is 9.20. The van der Waals surface area contributed by atoms with Gasteiger partial charge >= 0.3 is 0 Å². The summed E-state index contributed by atoms with van der Waals surface area (Å²) in [5.74, 6) is 0.529. The normalized spacial score (nSPS) is 22.9. The third kappa shape index (κ3) is 4.89. The molecule has 2 aliphatic heterocycles. The zero-order chi connectivity index (χ0) is 23.6. The molecule has 174 valence electrons. The Morgan fingerprint density at radius 1 is 1.12 bits per heavy atom. The van der Waals surface area contributed by atoms with Crippen molar-refractivity contribution >= 4 is 40.7 Å². The van der Waals surface area contributed by atoms with E-state index in [1.807, 2.05) is 43.3 Å². The second kappa shape index (κ2) is 9.53. The van der Waals surface area contributed by atoms with E-state index >= 15 is 0 Å². The summed E-state index contributed by atoms with van der Waals surface area (Å²) >= 11 is 6.03. The maximum absolute atomic E-state index is 13.8. The van der Waals surface area contributed by atoms with Gasteiger partial charge in [0.05, 0.1) is 0 Å². The van der Waals surface area contributed by atoms with Crippen LogP contribution in [0, 0.1) is 5.92 Å². The number of benzene rings is 2. The van der Waals surface area contributed by atoms with Gasteiger partial charge in [-0.3, -0.25) is 9.59 Å². The maximum Gasteiger partial charge on any atom is 0.258 e. The Bertz CT molecular complexity index is 1050. The predicted molar refractivity (Wildman–Crippen MR) is 131 cm³/mol. The van der Waals surface area contributed by atoms with Crippen molar-refractivity contribution in [3.63, 3.8) is 0 Å². The number of nitrogens with zero attached hydrogens (tertiary/aromatic N) is 2. The van der Waals surface area contributed by atoms with Crippen LogP contribution >= 0.6 is 11.6 Å². The molecule has 33 heavy (non-hydrogen) atoms. The third-order valence-electron chi connectivity index (χ3n) is 6.27. The number of hydrogen-bond donors (Lipinski definition) is 2. The number of hydrogen-bond acceptors (Lipinski definition) is 5. The van der Waals surface area contributed by atoms with E-state index in [2.05, 4.69) is 10.6 Å². The summed E-state index contributed by atoms with van der Waals surface area (Å²) in [5, 5.41) is 6.74. The molecule has 0 aromatic heterocycles. The van der Waals surface area contributed by atoms with E-state index in [9.17, 15) is 9.59 Å². The molecular weight excluding hydrogens is 440 g/mol. The lowest BCUT2D eigenvalue weighted by atomic mass is 9.88. The molecule has 0 aliphatic carbocycles. The lowest BCUT2D eigenvalue weighted by Gasteiger charge is -2.31. The highest BCUT2D eigenvalue weighted by Gasteiger charge is 2.51. The molecule has 0 saturated carbocycles. The van der Waals surface area contributed by atoms with Crippen molar-refractivity contribution in [1.82, 2.24) is 5.32 Å². The maximum atomic E-state index is 13.8. The summed E-state index contributed by atoms with van der Waals surface area (Å²) < 4.78 is 6.42. The molecule has 4 rings (SSSR count). The van der Waals surface area contributed by atoms with E-state index in [1.165, 1.54) is 6.92 Å². The number of anilines is 2. The van der Waals surface area contributed by atoms with Crippen LogP contribution in [0.5, 0.6) is 0 Å². The molecule has 1 saturated heterocycles. The van der Waals surface area contributed by atoms with Crippen LogP contribution in [0.25, 0.3) is 0 Å². The van der Waals surface area contributed by atoms with Gasteiger partial charge in [-0.15, -0.1) is 0 Å². The molecule has 2 atom stereocenters. The smallest absolute Gasteiger partial charge is 0.258 e. The number of rotatable bonds is 5. The quantitative estimate of drug-likeness (QED) is 0.689. The first-order valence-corrected chi connectivity index (χ1v) is 11.5. The largest absolute Gasteiger partial charge is 0.470 e. The van der Waals surface area contributed by atoms with Crippen molar-refractivity contribution in [3.05, 3.63) is 59.1 Å². The first-order chi connectivity index (χ1) is 15.8. The first kappa shape index (κ1) is 23.3. The van der Waals surface area contributed by atoms with Crippen molar-refractivity contribution in [3.8, 4) is 0 Å². The number of likely N-dealkylation sites (N-methyl/N-ethyl adjacent to an activating group) is 1. The van der Waals surface area contributed by atoms with E-state index in [0.29, 0.717) is 16.6 Å². The number of ether oxygens (including phenoxy) is 1. The van der Waals surface area contributed by atoms with Gasteiger partial charge in [-0.05, 0) is 74.8 Å². The van der Waals surface area contributed by atoms with Gasteiger partial charge in [-0.1, -0.05) is 23.7 Å². The van der Waals surface area contributed by atoms with Crippen LogP contribution in [-0.4, -0.2) is 43.4 Å². The molecule has 1 fully saturated rings. The molecule has 2 aromatic carbocycles. The Hall–Kier alpha value is -2.90. The van der Waals surface area contributed by atoms with Crippen molar-refractivity contribution in [2.75, 3.05) is 30.4 Å². The minimum absolute atomic E-state index is 0.138. The monoisotopic (exact) mass is 468 g/mol. The summed E-state index contributed by atoms with van der Waals surface area (Å²) in [6.07, 6.45) is 1.27. The lowest BCUT2D eigenvalue weighted by molar-refractivity contribution is -0.125. The van der Waals surface area contributed by atoms with Gasteiger partial charge < -0.3 is 20.3 Å². The molecule has 2 aliphatic rings. The number of amides is 2. The van der Waals surface area contributed by atoms with Crippen molar-refractivity contribution in [2.24, 2.45) is 10.9 Å². The highest BCUT2D eigenvalue weighted by molar-refractivity contribution is 6.30. The number of halogens is 1. The molecule has 2 amide bonds. The summed E-state index contributed by atoms with van der Waals surface area (Å²) in [5.41, 5.74) is 1.12. The zero-order valence-electron chi connectivity index (χ0n) is 19.1. The fraction of sp³-hybridized carbons (Fsp3) is 0.400. The Balaban J connectivity index is 1.67. The molecule has 0 spiro atoms. The van der Waals surface area contributed by atoms with Gasteiger partial charge in [-0.2, -0.15) is 0 Å². The van der Waals surface area contributed by atoms with E-state index < -0.39 is 11.6 Å². The molecule has 0 bridgehead atoms. The van der Waals surface area contributed by atoms with Gasteiger partial charge in [0, 0.05) is 36.3 Å². The minimum atomic E-state index is -1.13. The standard InChI is InChI=1S/C25H29ClN4O3/c1-16(31)28-20-8-4-17(5-9-20)22-25(2,29-23(33-22)18-12-14-27-15-13-18)24(32)30(3)21-10-6-19(26)7-11-21/h4-11,18,22,27H,12-15H2,1-3H3,(H,28,31). The lowest BCUT2D eigenvalue weighted by Crippen LogP contribution is -2.47. The van der Waals surface area contributed by atoms with Crippen molar-refractivity contribution in [2.45, 2.75) is 38.3 Å². The molecule has 8 heteroatoms. The van der Waals surface area contributed by atoms with Crippen LogP contribution in [0.3, 0.4) is 0 Å². The predicted octanol–water partition coefficient (Wildman–Crippen LogP) is 4.19. The van der Waals surface area contributed by atoms with Crippen LogP contribution in [0.2, 0.25) is 5.02 Å². The zero-order valence-corrected chi connectivity index (χ0v) is 19.9. The highest BCUT2D eigenvalue weighted by atomic mass is 35.5. The summed E-state index contributed by atoms with van der Waals surface area (Å²) in [7, 11) is 1.74. The molecule has 0 radical (unpaired) electrons. The van der Waals surface area contributed by atoms with Crippen LogP contribution in [-0.2, 0) is 14.3 Å². The number of piperidine rings is 1. The topological polar surface area (TPSA) is 83.0 Å². The van der Waals surface area contributed by atoms with Crippen molar-refractivity contribution < 1.29 is 14.3 Å². The number of carbonyl (C=O) groups excluding carboxylic acids is 2. The Morgan fingerprint density at radius 2 is 1.76 bits per heavy atom. The molecule has 2 heterocycles. The van der Waals surface area contributed by atoms with Crippen LogP contribution < -0.4 is 15.5 Å². The van der Waals surface area contributed by atoms with Crippen LogP contribution in [0.1, 0.15) is 38.4 Å². The number of nitrogens with one attached hydrogen (secondary N) is 2. The van der Waals surface area contributed by atoms with Crippen LogP contribution in [0.4, 0.5) is 11.4 Å². The van der Waals surface area contributed by atoms with Gasteiger partial charge in [0.1, 0.15) is 0 Å². The average molecular weight is 469 g/mol. The molecule has 2 unspecified atom stereocenters.